The molecular formula is C11H12ClF2NO3. The van der Waals surface area contributed by atoms with Crippen molar-refractivity contribution in [3.63, 3.8) is 0 Å². The largest absolute Gasteiger partial charge is 0.506 e. The van der Waals surface area contributed by atoms with Crippen LogP contribution in [0.3, 0.4) is 0 Å². The molecule has 0 aromatic carbocycles. The molecule has 0 atom stereocenters. The van der Waals surface area contributed by atoms with Crippen molar-refractivity contribution in [1.29, 1.82) is 0 Å². The quantitative estimate of drug-likeness (QED) is 0.665. The number of aromatic nitrogens is 1. The Morgan fingerprint density at radius 1 is 1.61 bits per heavy atom. The summed E-state index contributed by atoms with van der Waals surface area (Å²) < 4.78 is 30.0. The average Bonchev–Trinajstić information content (AvgIpc) is 2.31. The van der Waals surface area contributed by atoms with Crippen molar-refractivity contribution in [3.8, 4) is 5.75 Å². The number of halogens is 3. The van der Waals surface area contributed by atoms with Crippen LogP contribution in [0.15, 0.2) is 6.07 Å². The molecule has 0 aliphatic heterocycles. The van der Waals surface area contributed by atoms with E-state index >= 15 is 0 Å². The molecule has 0 unspecified atom stereocenters. The van der Waals surface area contributed by atoms with Gasteiger partial charge < -0.3 is 9.84 Å². The van der Waals surface area contributed by atoms with Crippen molar-refractivity contribution in [1.82, 2.24) is 4.98 Å². The number of aromatic hydroxyl groups is 1. The van der Waals surface area contributed by atoms with Crippen molar-refractivity contribution in [2.45, 2.75) is 25.7 Å². The highest BCUT2D eigenvalue weighted by Crippen LogP contribution is 2.31. The summed E-state index contributed by atoms with van der Waals surface area (Å²) in [5.74, 6) is -1.42. The van der Waals surface area contributed by atoms with Crippen LogP contribution in [0.2, 0.25) is 0 Å². The van der Waals surface area contributed by atoms with E-state index in [1.54, 1.807) is 6.92 Å². The number of alkyl halides is 3. The van der Waals surface area contributed by atoms with Crippen LogP contribution in [-0.4, -0.2) is 22.7 Å². The first-order chi connectivity index (χ1) is 8.49. The number of hydrogen-bond acceptors (Lipinski definition) is 4. The normalized spacial score (nSPS) is 10.7. The molecule has 0 fully saturated rings. The number of carbonyl (C=O) groups excluding carboxylic acids is 1. The fourth-order valence-corrected chi connectivity index (χ4v) is 1.52. The molecule has 0 bridgehead atoms. The number of rotatable bonds is 5. The predicted octanol–water partition coefficient (Wildman–Crippen LogP) is 2.57. The molecule has 1 heterocycles. The maximum atomic E-state index is 12.7. The van der Waals surface area contributed by atoms with E-state index in [1.165, 1.54) is 0 Å². The maximum absolute atomic E-state index is 12.7. The Balaban J connectivity index is 3.09. The van der Waals surface area contributed by atoms with E-state index in [4.69, 9.17) is 11.6 Å². The Hall–Kier alpha value is -1.43. The van der Waals surface area contributed by atoms with Gasteiger partial charge in [0.25, 0.3) is 6.43 Å². The minimum atomic E-state index is -2.86. The second-order valence-corrected chi connectivity index (χ2v) is 3.68. The molecule has 18 heavy (non-hydrogen) atoms. The second-order valence-electron chi connectivity index (χ2n) is 3.41. The lowest BCUT2D eigenvalue weighted by Crippen LogP contribution is -2.10. The Bertz CT molecular complexity index is 441. The smallest absolute Gasteiger partial charge is 0.312 e. The third-order valence-corrected chi connectivity index (χ3v) is 2.41. The highest BCUT2D eigenvalue weighted by atomic mass is 35.5. The minimum absolute atomic E-state index is 0.0875. The lowest BCUT2D eigenvalue weighted by molar-refractivity contribution is -0.142. The van der Waals surface area contributed by atoms with E-state index in [0.29, 0.717) is 0 Å². The highest BCUT2D eigenvalue weighted by molar-refractivity contribution is 6.16. The van der Waals surface area contributed by atoms with Gasteiger partial charge in [-0.05, 0) is 13.0 Å². The van der Waals surface area contributed by atoms with Crippen LogP contribution in [0.4, 0.5) is 8.78 Å². The summed E-state index contributed by atoms with van der Waals surface area (Å²) in [4.78, 5) is 15.1. The molecular weight excluding hydrogens is 268 g/mol. The Morgan fingerprint density at radius 3 is 2.78 bits per heavy atom. The molecule has 100 valence electrons. The van der Waals surface area contributed by atoms with Gasteiger partial charge in [-0.3, -0.25) is 9.78 Å². The van der Waals surface area contributed by atoms with Crippen molar-refractivity contribution >= 4 is 17.6 Å². The van der Waals surface area contributed by atoms with E-state index < -0.39 is 23.7 Å². The summed E-state index contributed by atoms with van der Waals surface area (Å²) in [5.41, 5.74) is -0.564. The van der Waals surface area contributed by atoms with Crippen LogP contribution in [0.5, 0.6) is 5.75 Å². The Morgan fingerprint density at radius 2 is 2.28 bits per heavy atom. The molecule has 0 amide bonds. The molecule has 0 saturated heterocycles. The van der Waals surface area contributed by atoms with Gasteiger partial charge in [-0.2, -0.15) is 0 Å². The number of pyridine rings is 1. The Kier molecular flexibility index (Phi) is 5.27. The molecule has 4 nitrogen and oxygen atoms in total. The SMILES string of the molecule is CCOC(=O)Cc1nc(CCl)cc(C(F)F)c1O. The topological polar surface area (TPSA) is 59.4 Å². The fourth-order valence-electron chi connectivity index (χ4n) is 1.38. The van der Waals surface area contributed by atoms with Gasteiger partial charge in [0, 0.05) is 0 Å². The van der Waals surface area contributed by atoms with Crippen molar-refractivity contribution in [2.24, 2.45) is 0 Å². The van der Waals surface area contributed by atoms with Crippen molar-refractivity contribution in [2.75, 3.05) is 6.61 Å². The molecule has 1 aromatic rings. The van der Waals surface area contributed by atoms with Crippen LogP contribution >= 0.6 is 11.6 Å². The van der Waals surface area contributed by atoms with Crippen molar-refractivity contribution < 1.29 is 23.4 Å². The lowest BCUT2D eigenvalue weighted by atomic mass is 10.1. The minimum Gasteiger partial charge on any atom is -0.506 e. The van der Waals surface area contributed by atoms with Gasteiger partial charge >= 0.3 is 5.97 Å². The van der Waals surface area contributed by atoms with Crippen LogP contribution in [-0.2, 0) is 21.8 Å². The maximum Gasteiger partial charge on any atom is 0.312 e. The third-order valence-electron chi connectivity index (χ3n) is 2.14. The predicted molar refractivity (Wildman–Crippen MR) is 60.8 cm³/mol. The summed E-state index contributed by atoms with van der Waals surface area (Å²) >= 11 is 5.52. The zero-order valence-electron chi connectivity index (χ0n) is 9.62. The van der Waals surface area contributed by atoms with E-state index in [2.05, 4.69) is 9.72 Å². The number of nitrogens with zero attached hydrogens (tertiary/aromatic N) is 1. The van der Waals surface area contributed by atoms with Gasteiger partial charge in [-0.15, -0.1) is 11.6 Å². The number of ether oxygens (including phenoxy) is 1. The number of esters is 1. The van der Waals surface area contributed by atoms with Crippen LogP contribution in [0, 0.1) is 0 Å². The van der Waals surface area contributed by atoms with Crippen molar-refractivity contribution in [3.05, 3.63) is 23.0 Å². The molecule has 1 rings (SSSR count). The van der Waals surface area contributed by atoms with E-state index in [1.807, 2.05) is 0 Å². The molecule has 0 spiro atoms. The number of hydrogen-bond donors (Lipinski definition) is 1. The van der Waals surface area contributed by atoms with Crippen LogP contribution in [0.25, 0.3) is 0 Å². The van der Waals surface area contributed by atoms with Gasteiger partial charge in [0.05, 0.1) is 35.9 Å². The Labute approximate surface area is 108 Å². The highest BCUT2D eigenvalue weighted by Gasteiger charge is 2.20. The van der Waals surface area contributed by atoms with E-state index in [-0.39, 0.29) is 30.3 Å². The average molecular weight is 280 g/mol. The molecule has 0 radical (unpaired) electrons. The number of carbonyl (C=O) groups is 1. The van der Waals surface area contributed by atoms with Gasteiger partial charge in [0.2, 0.25) is 0 Å². The van der Waals surface area contributed by atoms with Gasteiger partial charge in [-0.1, -0.05) is 0 Å². The monoisotopic (exact) mass is 279 g/mol. The molecule has 0 aliphatic rings. The van der Waals surface area contributed by atoms with Gasteiger partial charge in [-0.25, -0.2) is 8.78 Å². The summed E-state index contributed by atoms with van der Waals surface area (Å²) in [6.45, 7) is 1.78. The zero-order chi connectivity index (χ0) is 13.7. The second kappa shape index (κ2) is 6.49. The summed E-state index contributed by atoms with van der Waals surface area (Å²) in [6, 6.07) is 1.02. The van der Waals surface area contributed by atoms with Gasteiger partial charge in [0.15, 0.2) is 0 Å². The van der Waals surface area contributed by atoms with Gasteiger partial charge in [0.1, 0.15) is 5.75 Å². The summed E-state index contributed by atoms with van der Waals surface area (Å²) in [7, 11) is 0. The standard InChI is InChI=1S/C11H12ClF2NO3/c1-2-18-9(16)4-8-10(17)7(11(13)14)3-6(5-12)15-8/h3,11,17H,2,4-5H2,1H3. The molecule has 7 heteroatoms. The molecule has 1 aromatic heterocycles. The fraction of sp³-hybridized carbons (Fsp3) is 0.455. The summed E-state index contributed by atoms with van der Waals surface area (Å²) in [5, 5.41) is 9.60. The third kappa shape index (κ3) is 3.53. The van der Waals surface area contributed by atoms with E-state index in [9.17, 15) is 18.7 Å². The molecule has 1 N–H and O–H groups in total. The summed E-state index contributed by atoms with van der Waals surface area (Å²) in [6.07, 6.45) is -3.24. The van der Waals surface area contributed by atoms with Crippen LogP contribution in [0.1, 0.15) is 30.3 Å². The van der Waals surface area contributed by atoms with E-state index in [0.717, 1.165) is 6.07 Å². The first-order valence-corrected chi connectivity index (χ1v) is 5.74. The zero-order valence-corrected chi connectivity index (χ0v) is 10.4. The molecule has 0 aliphatic carbocycles. The van der Waals surface area contributed by atoms with Crippen LogP contribution < -0.4 is 0 Å². The first-order valence-electron chi connectivity index (χ1n) is 5.21. The first kappa shape index (κ1) is 14.6. The lowest BCUT2D eigenvalue weighted by Gasteiger charge is -2.10. The molecule has 0 saturated carbocycles.